The lowest BCUT2D eigenvalue weighted by Gasteiger charge is -2.09. The van der Waals surface area contributed by atoms with Gasteiger partial charge in [0.2, 0.25) is 0 Å². The number of amides is 1. The van der Waals surface area contributed by atoms with E-state index in [1.165, 1.54) is 24.3 Å². The van der Waals surface area contributed by atoms with Gasteiger partial charge in [0.05, 0.1) is 17.6 Å². The van der Waals surface area contributed by atoms with Crippen molar-refractivity contribution >= 4 is 16.9 Å². The lowest BCUT2D eigenvalue weighted by atomic mass is 10.2. The number of carbonyl (C=O) groups is 1. The topological polar surface area (TPSA) is 46.9 Å². The maximum absolute atomic E-state index is 12.9. The van der Waals surface area contributed by atoms with Crippen LogP contribution < -0.4 is 5.32 Å². The Balaban J connectivity index is 1.57. The summed E-state index contributed by atoms with van der Waals surface area (Å²) >= 11 is 0. The highest BCUT2D eigenvalue weighted by Crippen LogP contribution is 2.38. The van der Waals surface area contributed by atoms with Crippen LogP contribution in [0.25, 0.3) is 11.0 Å². The number of aromatic nitrogens is 2. The van der Waals surface area contributed by atoms with Crippen LogP contribution in [-0.4, -0.2) is 15.5 Å². The number of rotatable bonds is 4. The molecule has 116 valence electrons. The maximum Gasteiger partial charge on any atom is 0.251 e. The van der Waals surface area contributed by atoms with E-state index in [4.69, 9.17) is 0 Å². The summed E-state index contributed by atoms with van der Waals surface area (Å²) in [5.74, 6) is 0.292. The van der Waals surface area contributed by atoms with Gasteiger partial charge in [-0.15, -0.1) is 0 Å². The molecule has 1 aromatic heterocycles. The summed E-state index contributed by atoms with van der Waals surface area (Å²) in [6.45, 7) is 0.362. The van der Waals surface area contributed by atoms with Gasteiger partial charge in [0.25, 0.3) is 5.91 Å². The van der Waals surface area contributed by atoms with Crippen LogP contribution in [0, 0.1) is 5.82 Å². The van der Waals surface area contributed by atoms with Crippen LogP contribution in [0.1, 0.15) is 35.1 Å². The van der Waals surface area contributed by atoms with Crippen molar-refractivity contribution in [1.82, 2.24) is 14.9 Å². The molecule has 5 heteroatoms. The molecule has 0 atom stereocenters. The number of hydrogen-bond acceptors (Lipinski definition) is 2. The van der Waals surface area contributed by atoms with Crippen LogP contribution in [0.2, 0.25) is 0 Å². The van der Waals surface area contributed by atoms with Crippen molar-refractivity contribution in [2.24, 2.45) is 0 Å². The van der Waals surface area contributed by atoms with Crippen LogP contribution in [0.15, 0.2) is 48.5 Å². The predicted molar refractivity (Wildman–Crippen MR) is 85.6 cm³/mol. The second-order valence-corrected chi connectivity index (χ2v) is 5.81. The predicted octanol–water partition coefficient (Wildman–Crippen LogP) is 3.44. The molecule has 2 aromatic carbocycles. The SMILES string of the molecule is O=C(NCc1nc2ccccc2n1C1CC1)c1ccc(F)cc1. The number of halogens is 1. The van der Waals surface area contributed by atoms with Gasteiger partial charge in [0.1, 0.15) is 11.6 Å². The van der Waals surface area contributed by atoms with Crippen LogP contribution in [0.3, 0.4) is 0 Å². The molecule has 0 saturated heterocycles. The molecular formula is C18H16FN3O. The highest BCUT2D eigenvalue weighted by molar-refractivity contribution is 5.94. The summed E-state index contributed by atoms with van der Waals surface area (Å²) < 4.78 is 15.1. The molecule has 1 aliphatic carbocycles. The summed E-state index contributed by atoms with van der Waals surface area (Å²) in [6, 6.07) is 14.0. The normalized spacial score (nSPS) is 14.1. The summed E-state index contributed by atoms with van der Waals surface area (Å²) in [5, 5.41) is 2.87. The maximum atomic E-state index is 12.9. The summed E-state index contributed by atoms with van der Waals surface area (Å²) in [5.41, 5.74) is 2.51. The third kappa shape index (κ3) is 2.70. The number of benzene rings is 2. The van der Waals surface area contributed by atoms with E-state index >= 15 is 0 Å². The Morgan fingerprint density at radius 3 is 2.65 bits per heavy atom. The average Bonchev–Trinajstić information content (AvgIpc) is 3.33. The molecule has 0 bridgehead atoms. The van der Waals surface area contributed by atoms with Crippen molar-refractivity contribution in [3.63, 3.8) is 0 Å². The standard InChI is InChI=1S/C18H16FN3O/c19-13-7-5-12(6-8-13)18(23)20-11-17-21-15-3-1-2-4-16(15)22(17)14-9-10-14/h1-8,14H,9-11H2,(H,20,23). The number of para-hydroxylation sites is 2. The van der Waals surface area contributed by atoms with E-state index in [9.17, 15) is 9.18 Å². The van der Waals surface area contributed by atoms with Gasteiger partial charge in [-0.1, -0.05) is 12.1 Å². The molecule has 1 saturated carbocycles. The van der Waals surface area contributed by atoms with Crippen molar-refractivity contribution in [3.05, 3.63) is 65.7 Å². The fourth-order valence-corrected chi connectivity index (χ4v) is 2.82. The monoisotopic (exact) mass is 309 g/mol. The Kier molecular flexibility index (Phi) is 3.33. The smallest absolute Gasteiger partial charge is 0.251 e. The van der Waals surface area contributed by atoms with Crippen molar-refractivity contribution in [3.8, 4) is 0 Å². The molecule has 0 aliphatic heterocycles. The molecular weight excluding hydrogens is 293 g/mol. The molecule has 1 amide bonds. The fourth-order valence-electron chi connectivity index (χ4n) is 2.82. The van der Waals surface area contributed by atoms with Gasteiger partial charge in [-0.25, -0.2) is 9.37 Å². The van der Waals surface area contributed by atoms with Crippen molar-refractivity contribution in [1.29, 1.82) is 0 Å². The van der Waals surface area contributed by atoms with Gasteiger partial charge in [0, 0.05) is 11.6 Å². The van der Waals surface area contributed by atoms with Gasteiger partial charge in [0.15, 0.2) is 0 Å². The van der Waals surface area contributed by atoms with Crippen LogP contribution in [0.4, 0.5) is 4.39 Å². The molecule has 1 heterocycles. The Hall–Kier alpha value is -2.69. The summed E-state index contributed by atoms with van der Waals surface area (Å²) in [4.78, 5) is 16.8. The minimum absolute atomic E-state index is 0.223. The van der Waals surface area contributed by atoms with Crippen molar-refractivity contribution in [2.75, 3.05) is 0 Å². The Morgan fingerprint density at radius 1 is 1.17 bits per heavy atom. The number of carbonyl (C=O) groups excluding carboxylic acids is 1. The summed E-state index contributed by atoms with van der Waals surface area (Å²) in [7, 11) is 0. The van der Waals surface area contributed by atoms with Crippen LogP contribution in [0.5, 0.6) is 0 Å². The van der Waals surface area contributed by atoms with E-state index in [1.807, 2.05) is 18.2 Å². The highest BCUT2D eigenvalue weighted by atomic mass is 19.1. The van der Waals surface area contributed by atoms with Gasteiger partial charge in [-0.3, -0.25) is 4.79 Å². The van der Waals surface area contributed by atoms with E-state index in [0.717, 1.165) is 29.7 Å². The second-order valence-electron chi connectivity index (χ2n) is 5.81. The minimum Gasteiger partial charge on any atom is -0.345 e. The molecule has 0 spiro atoms. The minimum atomic E-state index is -0.350. The molecule has 1 N–H and O–H groups in total. The molecule has 4 nitrogen and oxygen atoms in total. The number of nitrogens with one attached hydrogen (secondary N) is 1. The molecule has 23 heavy (non-hydrogen) atoms. The number of hydrogen-bond donors (Lipinski definition) is 1. The van der Waals surface area contributed by atoms with Crippen molar-refractivity contribution in [2.45, 2.75) is 25.4 Å². The van der Waals surface area contributed by atoms with Gasteiger partial charge < -0.3 is 9.88 Å². The molecule has 3 aromatic rings. The van der Waals surface area contributed by atoms with E-state index in [2.05, 4.69) is 20.9 Å². The lowest BCUT2D eigenvalue weighted by Crippen LogP contribution is -2.24. The molecule has 1 fully saturated rings. The van der Waals surface area contributed by atoms with E-state index in [-0.39, 0.29) is 11.7 Å². The number of nitrogens with zero attached hydrogens (tertiary/aromatic N) is 2. The molecule has 0 radical (unpaired) electrons. The Morgan fingerprint density at radius 2 is 1.91 bits per heavy atom. The first-order chi connectivity index (χ1) is 11.2. The average molecular weight is 309 g/mol. The largest absolute Gasteiger partial charge is 0.345 e. The first-order valence-electron chi connectivity index (χ1n) is 7.72. The van der Waals surface area contributed by atoms with Crippen molar-refractivity contribution < 1.29 is 9.18 Å². The first kappa shape index (κ1) is 13.9. The molecule has 0 unspecified atom stereocenters. The highest BCUT2D eigenvalue weighted by Gasteiger charge is 2.28. The third-order valence-corrected chi connectivity index (χ3v) is 4.09. The fraction of sp³-hybridized carbons (Fsp3) is 0.222. The first-order valence-corrected chi connectivity index (χ1v) is 7.72. The Labute approximate surface area is 133 Å². The zero-order chi connectivity index (χ0) is 15.8. The zero-order valence-corrected chi connectivity index (χ0v) is 12.5. The van der Waals surface area contributed by atoms with E-state index in [1.54, 1.807) is 0 Å². The van der Waals surface area contributed by atoms with Crippen LogP contribution in [-0.2, 0) is 6.54 Å². The van der Waals surface area contributed by atoms with Gasteiger partial charge in [-0.05, 0) is 49.2 Å². The number of imidazole rings is 1. The third-order valence-electron chi connectivity index (χ3n) is 4.09. The van der Waals surface area contributed by atoms with E-state index in [0.29, 0.717) is 18.2 Å². The molecule has 4 rings (SSSR count). The van der Waals surface area contributed by atoms with Crippen LogP contribution >= 0.6 is 0 Å². The lowest BCUT2D eigenvalue weighted by molar-refractivity contribution is 0.0949. The zero-order valence-electron chi connectivity index (χ0n) is 12.5. The van der Waals surface area contributed by atoms with E-state index < -0.39 is 0 Å². The summed E-state index contributed by atoms with van der Waals surface area (Å²) in [6.07, 6.45) is 2.30. The van der Waals surface area contributed by atoms with Gasteiger partial charge >= 0.3 is 0 Å². The van der Waals surface area contributed by atoms with Gasteiger partial charge in [-0.2, -0.15) is 0 Å². The molecule has 1 aliphatic rings. The number of fused-ring (bicyclic) bond motifs is 1. The second kappa shape index (κ2) is 5.50. The quantitative estimate of drug-likeness (QED) is 0.802. The Bertz CT molecular complexity index is 866.